The number of fused-ring (bicyclic) bond motifs is 1. The van der Waals surface area contributed by atoms with Crippen molar-refractivity contribution in [2.75, 3.05) is 0 Å². The van der Waals surface area contributed by atoms with E-state index in [0.29, 0.717) is 18.4 Å². The summed E-state index contributed by atoms with van der Waals surface area (Å²) in [4.78, 5) is 44.2. The number of H-pyrrole nitrogens is 1. The summed E-state index contributed by atoms with van der Waals surface area (Å²) in [6.07, 6.45) is 12.3. The molecule has 1 saturated heterocycles. The Balaban J connectivity index is 1.61. The van der Waals surface area contributed by atoms with E-state index < -0.39 is 23.2 Å². The van der Waals surface area contributed by atoms with Crippen molar-refractivity contribution < 1.29 is 19.5 Å². The smallest absolute Gasteiger partial charge is 0.235 e. The van der Waals surface area contributed by atoms with E-state index in [1.54, 1.807) is 6.92 Å². The van der Waals surface area contributed by atoms with Gasteiger partial charge in [0.1, 0.15) is 11.5 Å². The lowest BCUT2D eigenvalue weighted by Gasteiger charge is -2.44. The van der Waals surface area contributed by atoms with Crippen LogP contribution in [0.25, 0.3) is 10.9 Å². The first-order valence-corrected chi connectivity index (χ1v) is 13.5. The van der Waals surface area contributed by atoms with E-state index in [1.807, 2.05) is 49.5 Å². The predicted molar refractivity (Wildman–Crippen MR) is 148 cm³/mol. The third kappa shape index (κ3) is 4.21. The number of nitrogens with one attached hydrogen (secondary N) is 2. The molecule has 1 amide bonds. The molecule has 2 heterocycles. The highest BCUT2D eigenvalue weighted by atomic mass is 16.3. The van der Waals surface area contributed by atoms with E-state index in [4.69, 9.17) is 0 Å². The normalized spacial score (nSPS) is 37.0. The van der Waals surface area contributed by atoms with Gasteiger partial charge < -0.3 is 15.4 Å². The molecule has 2 aromatic rings. The minimum absolute atomic E-state index is 0.0223. The van der Waals surface area contributed by atoms with Crippen molar-refractivity contribution in [1.29, 1.82) is 0 Å². The topological polar surface area (TPSA) is 99.3 Å². The van der Waals surface area contributed by atoms with Crippen molar-refractivity contribution in [3.05, 3.63) is 83.6 Å². The number of aliphatic hydroxyl groups excluding tert-OH is 1. The molecule has 7 atom stereocenters. The molecule has 2 aliphatic carbocycles. The van der Waals surface area contributed by atoms with E-state index >= 15 is 0 Å². The standard InChI is InChI=1S/C32H36N2O4/c1-18-8-7-9-23-15-19(2)21(4)29-26(16-22-17-33-25-11-6-5-10-24(22)25)34-31(38)32(23,29)28(36)13-12-27(35)30(37)20(3)14-18/h5-7,9-15,17-18,21,23,26,29-30,33,37H,8,16H2,1-4H3,(H,34,38)/b9-7+,13-12+,20-14-/t18-,21+,23?,26-,29-,30-,32+/m0/s1. The summed E-state index contributed by atoms with van der Waals surface area (Å²) in [7, 11) is 0. The summed E-state index contributed by atoms with van der Waals surface area (Å²) >= 11 is 0. The molecule has 0 radical (unpaired) electrons. The molecule has 1 aliphatic heterocycles. The molecule has 3 aliphatic rings. The zero-order valence-corrected chi connectivity index (χ0v) is 22.4. The zero-order valence-electron chi connectivity index (χ0n) is 22.4. The quantitative estimate of drug-likeness (QED) is 0.404. The first-order chi connectivity index (χ1) is 18.1. The van der Waals surface area contributed by atoms with Crippen molar-refractivity contribution >= 4 is 28.4 Å². The van der Waals surface area contributed by atoms with Gasteiger partial charge in [-0.05, 0) is 67.9 Å². The van der Waals surface area contributed by atoms with Crippen LogP contribution >= 0.6 is 0 Å². The second kappa shape index (κ2) is 9.99. The number of hydrogen-bond donors (Lipinski definition) is 3. The van der Waals surface area contributed by atoms with E-state index in [1.165, 1.54) is 6.08 Å². The van der Waals surface area contributed by atoms with Crippen LogP contribution in [0.4, 0.5) is 0 Å². The fraction of sp³-hybridized carbons (Fsp3) is 0.406. The first kappa shape index (κ1) is 26.1. The molecule has 38 heavy (non-hydrogen) atoms. The molecule has 1 aromatic carbocycles. The Kier molecular flexibility index (Phi) is 6.86. The minimum Gasteiger partial charge on any atom is -0.381 e. The van der Waals surface area contributed by atoms with Gasteiger partial charge in [-0.25, -0.2) is 0 Å². The number of carbonyl (C=O) groups is 3. The van der Waals surface area contributed by atoms with Crippen LogP contribution in [-0.4, -0.2) is 39.7 Å². The lowest BCUT2D eigenvalue weighted by molar-refractivity contribution is -0.142. The highest BCUT2D eigenvalue weighted by Crippen LogP contribution is 2.54. The summed E-state index contributed by atoms with van der Waals surface area (Å²) in [6, 6.07) is 7.82. The summed E-state index contributed by atoms with van der Waals surface area (Å²) in [5.74, 6) is -1.92. The van der Waals surface area contributed by atoms with Crippen LogP contribution in [0.5, 0.6) is 0 Å². The minimum atomic E-state index is -1.37. The second-order valence-electron chi connectivity index (χ2n) is 11.3. The molecular formula is C32H36N2O4. The summed E-state index contributed by atoms with van der Waals surface area (Å²) < 4.78 is 0. The number of amides is 1. The van der Waals surface area contributed by atoms with Crippen LogP contribution in [0, 0.1) is 29.1 Å². The number of allylic oxidation sites excluding steroid dienone is 6. The number of ketones is 2. The van der Waals surface area contributed by atoms with E-state index in [2.05, 4.69) is 36.3 Å². The fourth-order valence-corrected chi connectivity index (χ4v) is 6.83. The highest BCUT2D eigenvalue weighted by molar-refractivity contribution is 6.15. The monoisotopic (exact) mass is 512 g/mol. The second-order valence-corrected chi connectivity index (χ2v) is 11.3. The molecule has 1 aromatic heterocycles. The average Bonchev–Trinajstić information content (AvgIpc) is 3.43. The van der Waals surface area contributed by atoms with Gasteiger partial charge in [-0.1, -0.05) is 61.9 Å². The Morgan fingerprint density at radius 2 is 1.79 bits per heavy atom. The van der Waals surface area contributed by atoms with Crippen LogP contribution in [0.3, 0.4) is 0 Å². The van der Waals surface area contributed by atoms with Gasteiger partial charge in [0.2, 0.25) is 5.91 Å². The van der Waals surface area contributed by atoms with Gasteiger partial charge in [-0.2, -0.15) is 0 Å². The van der Waals surface area contributed by atoms with Gasteiger partial charge in [0.05, 0.1) is 0 Å². The predicted octanol–water partition coefficient (Wildman–Crippen LogP) is 4.62. The number of aromatic nitrogens is 1. The van der Waals surface area contributed by atoms with Gasteiger partial charge in [0, 0.05) is 35.0 Å². The number of benzene rings is 1. The van der Waals surface area contributed by atoms with Crippen molar-refractivity contribution in [1.82, 2.24) is 10.3 Å². The number of rotatable bonds is 2. The molecule has 1 fully saturated rings. The number of carbonyl (C=O) groups excluding carboxylic acids is 3. The highest BCUT2D eigenvalue weighted by Gasteiger charge is 2.64. The maximum Gasteiger partial charge on any atom is 0.235 e. The van der Waals surface area contributed by atoms with E-state index in [-0.39, 0.29) is 35.5 Å². The summed E-state index contributed by atoms with van der Waals surface area (Å²) in [5.41, 5.74) is 2.47. The average molecular weight is 513 g/mol. The van der Waals surface area contributed by atoms with Gasteiger partial charge in [-0.3, -0.25) is 14.4 Å². The first-order valence-electron chi connectivity index (χ1n) is 13.5. The number of aromatic amines is 1. The van der Waals surface area contributed by atoms with E-state index in [9.17, 15) is 19.5 Å². The Labute approximate surface area is 223 Å². The Morgan fingerprint density at radius 1 is 1.03 bits per heavy atom. The Hall–Kier alpha value is -3.51. The maximum atomic E-state index is 14.1. The third-order valence-electron chi connectivity index (χ3n) is 8.90. The Morgan fingerprint density at radius 3 is 2.58 bits per heavy atom. The van der Waals surface area contributed by atoms with Gasteiger partial charge in [0.15, 0.2) is 11.6 Å². The molecule has 6 heteroatoms. The molecule has 6 nitrogen and oxygen atoms in total. The van der Waals surface area contributed by atoms with Crippen LogP contribution in [0.15, 0.2) is 78.1 Å². The maximum absolute atomic E-state index is 14.1. The van der Waals surface area contributed by atoms with Crippen LogP contribution < -0.4 is 5.32 Å². The van der Waals surface area contributed by atoms with Crippen molar-refractivity contribution in [2.24, 2.45) is 29.1 Å². The molecule has 1 spiro atoms. The molecule has 198 valence electrons. The van der Waals surface area contributed by atoms with Crippen LogP contribution in [0.2, 0.25) is 0 Å². The van der Waals surface area contributed by atoms with Gasteiger partial charge >= 0.3 is 0 Å². The molecular weight excluding hydrogens is 476 g/mol. The van der Waals surface area contributed by atoms with Gasteiger partial charge in [-0.15, -0.1) is 0 Å². The molecule has 1 unspecified atom stereocenters. The lowest BCUT2D eigenvalue weighted by atomic mass is 9.55. The molecule has 3 N–H and O–H groups in total. The van der Waals surface area contributed by atoms with Crippen molar-refractivity contribution in [3.63, 3.8) is 0 Å². The lowest BCUT2D eigenvalue weighted by Crippen LogP contribution is -2.51. The fourth-order valence-electron chi connectivity index (χ4n) is 6.83. The molecule has 0 bridgehead atoms. The zero-order chi connectivity index (χ0) is 27.2. The van der Waals surface area contributed by atoms with Crippen LogP contribution in [-0.2, 0) is 20.8 Å². The Bertz CT molecular complexity index is 1410. The van der Waals surface area contributed by atoms with Gasteiger partial charge in [0.25, 0.3) is 0 Å². The largest absolute Gasteiger partial charge is 0.381 e. The molecule has 0 saturated carbocycles. The van der Waals surface area contributed by atoms with E-state index in [0.717, 1.165) is 28.1 Å². The summed E-state index contributed by atoms with van der Waals surface area (Å²) in [6.45, 7) is 7.90. The SMILES string of the molecule is CC1=CC2/C=C/C[C@H](C)/C=C(/C)[C@H](O)C(=O)/C=C/C(=O)[C@]23C(=O)N[C@@H](Cc2c[nH]c4ccccc24)[C@@H]3[C@@H]1C. The number of hydrogen-bond acceptors (Lipinski definition) is 4. The number of para-hydroxylation sites is 1. The third-order valence-corrected chi connectivity index (χ3v) is 8.90. The summed E-state index contributed by atoms with van der Waals surface area (Å²) in [5, 5.41) is 14.8. The van der Waals surface area contributed by atoms with Crippen LogP contribution in [0.1, 0.15) is 39.7 Å². The van der Waals surface area contributed by atoms with Crippen molar-refractivity contribution in [2.45, 2.75) is 52.7 Å². The molecule has 5 rings (SSSR count). The number of aliphatic hydroxyl groups is 1. The van der Waals surface area contributed by atoms with Crippen molar-refractivity contribution in [3.8, 4) is 0 Å².